The summed E-state index contributed by atoms with van der Waals surface area (Å²) in [6, 6.07) is 0. The van der Waals surface area contributed by atoms with Gasteiger partial charge in [-0.05, 0) is 32.7 Å². The predicted molar refractivity (Wildman–Crippen MR) is 67.1 cm³/mol. The molecule has 0 radical (unpaired) electrons. The van der Waals surface area contributed by atoms with Gasteiger partial charge in [-0.15, -0.1) is 0 Å². The van der Waals surface area contributed by atoms with Gasteiger partial charge < -0.3 is 4.74 Å². The summed E-state index contributed by atoms with van der Waals surface area (Å²) < 4.78 is 17.5. The van der Waals surface area contributed by atoms with E-state index in [-0.39, 0.29) is 5.54 Å². The highest BCUT2D eigenvalue weighted by Crippen LogP contribution is 2.40. The molecule has 2 fully saturated rings. The van der Waals surface area contributed by atoms with Crippen LogP contribution in [0.4, 0.5) is 0 Å². The molecule has 0 spiro atoms. The first-order valence-electron chi connectivity index (χ1n) is 6.42. The van der Waals surface area contributed by atoms with E-state index in [9.17, 15) is 4.21 Å². The van der Waals surface area contributed by atoms with Crippen LogP contribution in [0.1, 0.15) is 33.1 Å². The number of ether oxygens (including phenoxy) is 1. The van der Waals surface area contributed by atoms with E-state index in [0.29, 0.717) is 5.25 Å². The summed E-state index contributed by atoms with van der Waals surface area (Å²) in [5, 5.41) is 0.380. The van der Waals surface area contributed by atoms with Gasteiger partial charge in [0.2, 0.25) is 0 Å². The van der Waals surface area contributed by atoms with E-state index < -0.39 is 10.8 Å². The van der Waals surface area contributed by atoms with Crippen LogP contribution < -0.4 is 0 Å². The fraction of sp³-hybridized carbons (Fsp3) is 1.00. The van der Waals surface area contributed by atoms with Crippen molar-refractivity contribution in [2.75, 3.05) is 32.1 Å². The first kappa shape index (κ1) is 12.5. The van der Waals surface area contributed by atoms with Gasteiger partial charge in [0.15, 0.2) is 0 Å². The minimum absolute atomic E-state index is 0.228. The number of hydrogen-bond donors (Lipinski definition) is 0. The summed E-state index contributed by atoms with van der Waals surface area (Å²) in [6.07, 6.45) is 3.58. The lowest BCUT2D eigenvalue weighted by Gasteiger charge is -2.31. The Labute approximate surface area is 101 Å². The highest BCUT2D eigenvalue weighted by molar-refractivity contribution is 7.85. The van der Waals surface area contributed by atoms with Gasteiger partial charge in [0, 0.05) is 40.5 Å². The van der Waals surface area contributed by atoms with Crippen LogP contribution in [0.25, 0.3) is 0 Å². The minimum Gasteiger partial charge on any atom is -0.380 e. The fourth-order valence-electron chi connectivity index (χ4n) is 3.17. The van der Waals surface area contributed by atoms with Crippen molar-refractivity contribution in [2.24, 2.45) is 0 Å². The first-order valence-corrected chi connectivity index (χ1v) is 7.80. The quantitative estimate of drug-likeness (QED) is 0.733. The molecule has 94 valence electrons. The first-order chi connectivity index (χ1) is 7.72. The SMILES string of the molecule is CCOC[C@@]12CCCN1C[C@H](S(=O)CC)C2. The average Bonchev–Trinajstić information content (AvgIpc) is 2.81. The Hall–Kier alpha value is 0.0700. The largest absolute Gasteiger partial charge is 0.380 e. The molecular formula is C12H23NO2S. The third-order valence-electron chi connectivity index (χ3n) is 4.00. The number of fused-ring (bicyclic) bond motifs is 1. The Balaban J connectivity index is 2.02. The monoisotopic (exact) mass is 245 g/mol. The Bertz CT molecular complexity index is 272. The van der Waals surface area contributed by atoms with Crippen molar-refractivity contribution in [3.05, 3.63) is 0 Å². The molecule has 0 N–H and O–H groups in total. The summed E-state index contributed by atoms with van der Waals surface area (Å²) in [7, 11) is -0.640. The van der Waals surface area contributed by atoms with E-state index >= 15 is 0 Å². The third kappa shape index (κ3) is 2.20. The van der Waals surface area contributed by atoms with Crippen molar-refractivity contribution in [3.63, 3.8) is 0 Å². The van der Waals surface area contributed by atoms with Crippen LogP contribution in [-0.2, 0) is 15.5 Å². The van der Waals surface area contributed by atoms with Crippen LogP contribution in [0.2, 0.25) is 0 Å². The second kappa shape index (κ2) is 5.15. The predicted octanol–water partition coefficient (Wildman–Crippen LogP) is 1.40. The lowest BCUT2D eigenvalue weighted by molar-refractivity contribution is 0.0417. The minimum atomic E-state index is -0.640. The van der Waals surface area contributed by atoms with E-state index in [2.05, 4.69) is 4.90 Å². The number of nitrogens with zero attached hydrogens (tertiary/aromatic N) is 1. The second-order valence-electron chi connectivity index (χ2n) is 4.91. The lowest BCUT2D eigenvalue weighted by Crippen LogP contribution is -2.42. The topological polar surface area (TPSA) is 29.5 Å². The van der Waals surface area contributed by atoms with E-state index in [1.807, 2.05) is 13.8 Å². The van der Waals surface area contributed by atoms with E-state index in [0.717, 1.165) is 31.9 Å². The van der Waals surface area contributed by atoms with Crippen LogP contribution in [0.15, 0.2) is 0 Å². The van der Waals surface area contributed by atoms with Gasteiger partial charge in [0.05, 0.1) is 6.61 Å². The molecule has 0 bridgehead atoms. The van der Waals surface area contributed by atoms with E-state index in [4.69, 9.17) is 4.74 Å². The van der Waals surface area contributed by atoms with Crippen LogP contribution in [0, 0.1) is 0 Å². The van der Waals surface area contributed by atoms with Gasteiger partial charge in [0.1, 0.15) is 0 Å². The Morgan fingerprint density at radius 2 is 2.31 bits per heavy atom. The van der Waals surface area contributed by atoms with E-state index in [1.54, 1.807) is 0 Å². The molecule has 2 saturated heterocycles. The van der Waals surface area contributed by atoms with Crippen LogP contribution in [-0.4, -0.2) is 52.0 Å². The van der Waals surface area contributed by atoms with Crippen LogP contribution in [0.3, 0.4) is 0 Å². The molecule has 2 aliphatic rings. The Morgan fingerprint density at radius 1 is 1.50 bits per heavy atom. The smallest absolute Gasteiger partial charge is 0.0650 e. The second-order valence-corrected chi connectivity index (χ2v) is 6.91. The molecule has 2 rings (SSSR count). The van der Waals surface area contributed by atoms with Crippen molar-refractivity contribution in [1.29, 1.82) is 0 Å². The normalized spacial score (nSPS) is 36.5. The summed E-state index contributed by atoms with van der Waals surface area (Å²) in [5.41, 5.74) is 0.228. The van der Waals surface area contributed by atoms with Crippen molar-refractivity contribution >= 4 is 10.8 Å². The fourth-order valence-corrected chi connectivity index (χ4v) is 4.48. The van der Waals surface area contributed by atoms with Gasteiger partial charge in [-0.2, -0.15) is 0 Å². The lowest BCUT2D eigenvalue weighted by atomic mass is 9.95. The van der Waals surface area contributed by atoms with Gasteiger partial charge in [0.25, 0.3) is 0 Å². The molecule has 2 heterocycles. The third-order valence-corrected chi connectivity index (χ3v) is 5.63. The van der Waals surface area contributed by atoms with Crippen molar-refractivity contribution in [1.82, 2.24) is 4.90 Å². The molecule has 16 heavy (non-hydrogen) atoms. The molecule has 3 nitrogen and oxygen atoms in total. The summed E-state index contributed by atoms with van der Waals surface area (Å²) >= 11 is 0. The summed E-state index contributed by atoms with van der Waals surface area (Å²) in [4.78, 5) is 2.53. The molecular weight excluding hydrogens is 222 g/mol. The standard InChI is InChI=1S/C12H23NO2S/c1-3-15-10-12-6-5-7-13(12)9-11(8-12)16(14)4-2/h11H,3-10H2,1-2H3/t11-,12+,16?/m1/s1. The van der Waals surface area contributed by atoms with Gasteiger partial charge in [-0.25, -0.2) is 0 Å². The number of rotatable bonds is 5. The van der Waals surface area contributed by atoms with Crippen molar-refractivity contribution in [2.45, 2.75) is 43.9 Å². The Morgan fingerprint density at radius 3 is 3.00 bits per heavy atom. The average molecular weight is 245 g/mol. The molecule has 3 atom stereocenters. The zero-order chi connectivity index (χ0) is 11.6. The van der Waals surface area contributed by atoms with E-state index in [1.165, 1.54) is 19.4 Å². The zero-order valence-electron chi connectivity index (χ0n) is 10.4. The zero-order valence-corrected chi connectivity index (χ0v) is 11.2. The number of hydrogen-bond acceptors (Lipinski definition) is 3. The molecule has 1 unspecified atom stereocenters. The molecule has 2 aliphatic heterocycles. The maximum atomic E-state index is 11.9. The van der Waals surface area contributed by atoms with Crippen LogP contribution >= 0.6 is 0 Å². The van der Waals surface area contributed by atoms with Gasteiger partial charge >= 0.3 is 0 Å². The molecule has 0 aliphatic carbocycles. The molecule has 0 saturated carbocycles. The molecule has 4 heteroatoms. The highest BCUT2D eigenvalue weighted by atomic mass is 32.2. The maximum absolute atomic E-state index is 11.9. The maximum Gasteiger partial charge on any atom is 0.0650 e. The molecule has 0 aromatic heterocycles. The highest BCUT2D eigenvalue weighted by Gasteiger charge is 2.49. The Kier molecular flexibility index (Phi) is 4.03. The van der Waals surface area contributed by atoms with Gasteiger partial charge in [-0.1, -0.05) is 6.92 Å². The van der Waals surface area contributed by atoms with Crippen molar-refractivity contribution in [3.8, 4) is 0 Å². The summed E-state index contributed by atoms with van der Waals surface area (Å²) in [5.74, 6) is 0.795. The van der Waals surface area contributed by atoms with Gasteiger partial charge in [-0.3, -0.25) is 9.11 Å². The van der Waals surface area contributed by atoms with Crippen LogP contribution in [0.5, 0.6) is 0 Å². The van der Waals surface area contributed by atoms with Crippen molar-refractivity contribution < 1.29 is 8.95 Å². The molecule has 0 amide bonds. The molecule has 0 aromatic carbocycles. The summed E-state index contributed by atoms with van der Waals surface area (Å²) in [6.45, 7) is 7.89. The molecule has 0 aromatic rings.